The summed E-state index contributed by atoms with van der Waals surface area (Å²) in [7, 11) is 0. The Bertz CT molecular complexity index is 384. The molecule has 0 aromatic heterocycles. The van der Waals surface area contributed by atoms with Crippen molar-refractivity contribution in [2.45, 2.75) is 26.6 Å². The number of esters is 1. The molecule has 0 saturated carbocycles. The van der Waals surface area contributed by atoms with Crippen molar-refractivity contribution in [3.05, 3.63) is 35.9 Å². The third-order valence-electron chi connectivity index (χ3n) is 2.29. The maximum absolute atomic E-state index is 11.4. The SMILES string of the molecule is CC(C)C(=O)C(O)C(=O)OCc1ccccc1. The highest BCUT2D eigenvalue weighted by atomic mass is 16.5. The topological polar surface area (TPSA) is 63.6 Å². The van der Waals surface area contributed by atoms with Gasteiger partial charge in [-0.25, -0.2) is 4.79 Å². The zero-order chi connectivity index (χ0) is 12.8. The fraction of sp³-hybridized carbons (Fsp3) is 0.385. The number of aliphatic hydroxyl groups excluding tert-OH is 1. The van der Waals surface area contributed by atoms with E-state index in [0.29, 0.717) is 0 Å². The van der Waals surface area contributed by atoms with Gasteiger partial charge in [0, 0.05) is 5.92 Å². The molecular weight excluding hydrogens is 220 g/mol. The number of aliphatic hydroxyl groups is 1. The molecule has 0 spiro atoms. The zero-order valence-electron chi connectivity index (χ0n) is 9.92. The molecule has 0 aliphatic rings. The lowest BCUT2D eigenvalue weighted by molar-refractivity contribution is -0.159. The number of ketones is 1. The number of hydrogen-bond acceptors (Lipinski definition) is 4. The zero-order valence-corrected chi connectivity index (χ0v) is 9.92. The lowest BCUT2D eigenvalue weighted by Crippen LogP contribution is -2.34. The quantitative estimate of drug-likeness (QED) is 0.618. The normalized spacial score (nSPS) is 12.2. The Hall–Kier alpha value is -1.68. The monoisotopic (exact) mass is 236 g/mol. The van der Waals surface area contributed by atoms with Gasteiger partial charge in [0.2, 0.25) is 6.10 Å². The minimum absolute atomic E-state index is 0.0576. The number of carbonyl (C=O) groups is 2. The fourth-order valence-corrected chi connectivity index (χ4v) is 1.24. The van der Waals surface area contributed by atoms with Crippen molar-refractivity contribution in [3.63, 3.8) is 0 Å². The molecule has 0 fully saturated rings. The number of rotatable bonds is 5. The Labute approximate surface area is 100 Å². The predicted molar refractivity (Wildman–Crippen MR) is 62.1 cm³/mol. The number of carbonyl (C=O) groups excluding carboxylic acids is 2. The maximum atomic E-state index is 11.4. The van der Waals surface area contributed by atoms with Crippen molar-refractivity contribution in [1.82, 2.24) is 0 Å². The van der Waals surface area contributed by atoms with Crippen LogP contribution in [0.25, 0.3) is 0 Å². The van der Waals surface area contributed by atoms with Crippen LogP contribution >= 0.6 is 0 Å². The summed E-state index contributed by atoms with van der Waals surface area (Å²) in [6.07, 6.45) is -1.68. The molecule has 1 N–H and O–H groups in total. The van der Waals surface area contributed by atoms with Crippen molar-refractivity contribution in [1.29, 1.82) is 0 Å². The Kier molecular flexibility index (Phi) is 4.84. The van der Waals surface area contributed by atoms with Crippen LogP contribution in [-0.4, -0.2) is 23.0 Å². The van der Waals surface area contributed by atoms with Crippen LogP contribution < -0.4 is 0 Å². The summed E-state index contributed by atoms with van der Waals surface area (Å²) in [6.45, 7) is 3.30. The van der Waals surface area contributed by atoms with Crippen LogP contribution in [-0.2, 0) is 20.9 Å². The highest BCUT2D eigenvalue weighted by Gasteiger charge is 2.27. The Balaban J connectivity index is 2.48. The van der Waals surface area contributed by atoms with Crippen LogP contribution in [0.5, 0.6) is 0 Å². The summed E-state index contributed by atoms with van der Waals surface area (Å²) >= 11 is 0. The molecule has 0 saturated heterocycles. The predicted octanol–water partition coefficient (Wildman–Crippen LogP) is 1.32. The van der Waals surface area contributed by atoms with Gasteiger partial charge in [-0.05, 0) is 5.56 Å². The average molecular weight is 236 g/mol. The van der Waals surface area contributed by atoms with Gasteiger partial charge in [0.25, 0.3) is 0 Å². The lowest BCUT2D eigenvalue weighted by Gasteiger charge is -2.11. The van der Waals surface area contributed by atoms with Crippen molar-refractivity contribution < 1.29 is 19.4 Å². The molecule has 4 nitrogen and oxygen atoms in total. The van der Waals surface area contributed by atoms with Crippen LogP contribution in [0.1, 0.15) is 19.4 Å². The van der Waals surface area contributed by atoms with E-state index in [2.05, 4.69) is 0 Å². The first kappa shape index (κ1) is 13.4. The molecule has 1 unspecified atom stereocenters. The molecule has 1 atom stereocenters. The van der Waals surface area contributed by atoms with E-state index in [0.717, 1.165) is 5.56 Å². The first-order chi connectivity index (χ1) is 8.02. The van der Waals surface area contributed by atoms with Gasteiger partial charge in [-0.2, -0.15) is 0 Å². The largest absolute Gasteiger partial charge is 0.459 e. The molecular formula is C13H16O4. The van der Waals surface area contributed by atoms with Gasteiger partial charge in [-0.3, -0.25) is 4.79 Å². The van der Waals surface area contributed by atoms with Crippen LogP contribution in [0.15, 0.2) is 30.3 Å². The second kappa shape index (κ2) is 6.15. The van der Waals surface area contributed by atoms with E-state index in [1.807, 2.05) is 18.2 Å². The van der Waals surface area contributed by atoms with E-state index in [9.17, 15) is 14.7 Å². The minimum atomic E-state index is -1.68. The van der Waals surface area contributed by atoms with Crippen LogP contribution in [0.2, 0.25) is 0 Å². The van der Waals surface area contributed by atoms with E-state index in [1.165, 1.54) is 0 Å². The second-order valence-electron chi connectivity index (χ2n) is 4.05. The third kappa shape index (κ3) is 4.00. The molecule has 92 valence electrons. The van der Waals surface area contributed by atoms with Gasteiger partial charge in [0.05, 0.1) is 0 Å². The third-order valence-corrected chi connectivity index (χ3v) is 2.29. The Morgan fingerprint density at radius 2 is 1.82 bits per heavy atom. The minimum Gasteiger partial charge on any atom is -0.459 e. The van der Waals surface area contributed by atoms with Gasteiger partial charge >= 0.3 is 5.97 Å². The van der Waals surface area contributed by atoms with Gasteiger partial charge in [0.15, 0.2) is 5.78 Å². The van der Waals surface area contributed by atoms with Crippen molar-refractivity contribution in [2.75, 3.05) is 0 Å². The Morgan fingerprint density at radius 3 is 2.35 bits per heavy atom. The molecule has 17 heavy (non-hydrogen) atoms. The van der Waals surface area contributed by atoms with E-state index >= 15 is 0 Å². The van der Waals surface area contributed by atoms with Gasteiger partial charge in [-0.15, -0.1) is 0 Å². The van der Waals surface area contributed by atoms with Gasteiger partial charge in [-0.1, -0.05) is 44.2 Å². The second-order valence-corrected chi connectivity index (χ2v) is 4.05. The summed E-state index contributed by atoms with van der Waals surface area (Å²) in [5, 5.41) is 9.41. The Morgan fingerprint density at radius 1 is 1.24 bits per heavy atom. The molecule has 0 aliphatic heterocycles. The first-order valence-electron chi connectivity index (χ1n) is 5.44. The molecule has 1 rings (SSSR count). The summed E-state index contributed by atoms with van der Waals surface area (Å²) < 4.78 is 4.85. The first-order valence-corrected chi connectivity index (χ1v) is 5.44. The van der Waals surface area contributed by atoms with Crippen LogP contribution in [0.4, 0.5) is 0 Å². The van der Waals surface area contributed by atoms with Gasteiger partial charge < -0.3 is 9.84 Å². The van der Waals surface area contributed by atoms with E-state index in [-0.39, 0.29) is 6.61 Å². The highest BCUT2D eigenvalue weighted by Crippen LogP contribution is 2.05. The molecule has 0 heterocycles. The molecule has 0 aliphatic carbocycles. The lowest BCUT2D eigenvalue weighted by atomic mass is 10.0. The van der Waals surface area contributed by atoms with E-state index in [1.54, 1.807) is 26.0 Å². The number of Topliss-reactive ketones (excluding diaryl/α,β-unsaturated/α-hetero) is 1. The summed E-state index contributed by atoms with van der Waals surface area (Å²) in [6, 6.07) is 9.08. The fourth-order valence-electron chi connectivity index (χ4n) is 1.24. The smallest absolute Gasteiger partial charge is 0.343 e. The summed E-state index contributed by atoms with van der Waals surface area (Å²) in [4.78, 5) is 22.7. The van der Waals surface area contributed by atoms with Crippen molar-refractivity contribution in [2.24, 2.45) is 5.92 Å². The molecule has 0 radical (unpaired) electrons. The summed E-state index contributed by atoms with van der Waals surface area (Å²) in [5.74, 6) is -1.81. The van der Waals surface area contributed by atoms with Crippen molar-refractivity contribution in [3.8, 4) is 0 Å². The van der Waals surface area contributed by atoms with E-state index < -0.39 is 23.8 Å². The average Bonchev–Trinajstić information content (AvgIpc) is 2.35. The molecule has 0 bridgehead atoms. The summed E-state index contributed by atoms with van der Waals surface area (Å²) in [5.41, 5.74) is 0.810. The highest BCUT2D eigenvalue weighted by molar-refractivity contribution is 6.02. The van der Waals surface area contributed by atoms with Crippen LogP contribution in [0.3, 0.4) is 0 Å². The number of hydrogen-bond donors (Lipinski definition) is 1. The van der Waals surface area contributed by atoms with Gasteiger partial charge in [0.1, 0.15) is 6.61 Å². The maximum Gasteiger partial charge on any atom is 0.343 e. The van der Waals surface area contributed by atoms with Crippen molar-refractivity contribution >= 4 is 11.8 Å². The standard InChI is InChI=1S/C13H16O4/c1-9(2)11(14)12(15)13(16)17-8-10-6-4-3-5-7-10/h3-7,9,12,15H,8H2,1-2H3. The molecule has 1 aromatic rings. The molecule has 1 aromatic carbocycles. The number of ether oxygens (including phenoxy) is 1. The number of benzene rings is 1. The molecule has 4 heteroatoms. The van der Waals surface area contributed by atoms with Crippen LogP contribution in [0, 0.1) is 5.92 Å². The molecule has 0 amide bonds. The van der Waals surface area contributed by atoms with E-state index in [4.69, 9.17) is 4.74 Å².